The first kappa shape index (κ1) is 14.8. The van der Waals surface area contributed by atoms with E-state index in [9.17, 15) is 17.8 Å². The summed E-state index contributed by atoms with van der Waals surface area (Å²) in [5, 5.41) is 0.593. The summed E-state index contributed by atoms with van der Waals surface area (Å²) in [6.45, 7) is 0. The average molecular weight is 286 g/mol. The molecule has 0 aliphatic rings. The molecule has 6 nitrogen and oxygen atoms in total. The second-order valence-corrected chi connectivity index (χ2v) is 3.93. The summed E-state index contributed by atoms with van der Waals surface area (Å²) in [4.78, 5) is 10.9. The van der Waals surface area contributed by atoms with E-state index in [1.165, 1.54) is 24.3 Å². The molecule has 1 heterocycles. The van der Waals surface area contributed by atoms with Gasteiger partial charge in [-0.25, -0.2) is 13.2 Å². The van der Waals surface area contributed by atoms with Crippen LogP contribution in [0.2, 0.25) is 0 Å². The number of fused-ring (bicyclic) bond motifs is 1. The fraction of sp³-hybridized carbons (Fsp3) is 0. The minimum atomic E-state index is -4.83. The molecule has 0 amide bonds. The van der Waals surface area contributed by atoms with Gasteiger partial charge in [0.05, 0.1) is 0 Å². The van der Waals surface area contributed by atoms with Gasteiger partial charge in [0.1, 0.15) is 11.3 Å². The minimum Gasteiger partial charge on any atom is -0.716 e. The molecule has 1 aromatic heterocycles. The molecule has 0 spiro atoms. The molecule has 17 heavy (non-hydrogen) atoms. The van der Waals surface area contributed by atoms with Crippen LogP contribution in [0.1, 0.15) is 0 Å². The summed E-state index contributed by atoms with van der Waals surface area (Å²) >= 11 is 0. The van der Waals surface area contributed by atoms with Crippen molar-refractivity contribution in [1.29, 1.82) is 0 Å². The van der Waals surface area contributed by atoms with Gasteiger partial charge in [0, 0.05) is 17.5 Å². The van der Waals surface area contributed by atoms with E-state index in [4.69, 9.17) is 4.42 Å². The molecule has 0 N–H and O–H groups in total. The Morgan fingerprint density at radius 1 is 1.18 bits per heavy atom. The van der Waals surface area contributed by atoms with Crippen molar-refractivity contribution < 1.29 is 73.0 Å². The van der Waals surface area contributed by atoms with Crippen molar-refractivity contribution >= 4 is 21.4 Å². The van der Waals surface area contributed by atoms with Crippen LogP contribution < -0.4 is 61.2 Å². The summed E-state index contributed by atoms with van der Waals surface area (Å²) in [5.41, 5.74) is -0.428. The van der Waals surface area contributed by atoms with Gasteiger partial charge in [-0.2, -0.15) is 0 Å². The van der Waals surface area contributed by atoms with Crippen molar-refractivity contribution in [1.82, 2.24) is 0 Å². The van der Waals surface area contributed by atoms with Gasteiger partial charge in [-0.1, -0.05) is 0 Å². The van der Waals surface area contributed by atoms with E-state index < -0.39 is 16.0 Å². The van der Waals surface area contributed by atoms with Gasteiger partial charge in [-0.05, 0) is 18.2 Å². The molecule has 84 valence electrons. The van der Waals surface area contributed by atoms with Crippen molar-refractivity contribution in [2.75, 3.05) is 0 Å². The largest absolute Gasteiger partial charge is 1.00 e. The second-order valence-electron chi connectivity index (χ2n) is 2.95. The smallest absolute Gasteiger partial charge is 0.716 e. The van der Waals surface area contributed by atoms with Crippen LogP contribution in [0.15, 0.2) is 39.5 Å². The quantitative estimate of drug-likeness (QED) is 0.265. The maximum atomic E-state index is 10.9. The molecule has 0 aliphatic carbocycles. The zero-order chi connectivity index (χ0) is 11.8. The summed E-state index contributed by atoms with van der Waals surface area (Å²) in [6.07, 6.45) is 0. The average Bonchev–Trinajstić information content (AvgIpc) is 2.14. The Bertz CT molecular complexity index is 690. The van der Waals surface area contributed by atoms with Gasteiger partial charge in [-0.15, -0.1) is 0 Å². The van der Waals surface area contributed by atoms with Crippen LogP contribution in [0.5, 0.6) is 5.75 Å². The van der Waals surface area contributed by atoms with Crippen LogP contribution in [0.25, 0.3) is 11.0 Å². The third-order valence-electron chi connectivity index (χ3n) is 1.79. The first-order chi connectivity index (χ1) is 7.44. The summed E-state index contributed by atoms with van der Waals surface area (Å²) < 4.78 is 39.9. The van der Waals surface area contributed by atoms with Crippen LogP contribution in [0.3, 0.4) is 0 Å². The van der Waals surface area contributed by atoms with Gasteiger partial charge in [-0.3, -0.25) is 0 Å². The van der Waals surface area contributed by atoms with Crippen LogP contribution >= 0.6 is 0 Å². The van der Waals surface area contributed by atoms with Crippen LogP contribution in [-0.2, 0) is 10.4 Å². The summed E-state index contributed by atoms with van der Waals surface area (Å²) in [5.74, 6) is -0.197. The maximum Gasteiger partial charge on any atom is 1.00 e. The van der Waals surface area contributed by atoms with E-state index in [0.717, 1.165) is 6.07 Å². The molecule has 0 atom stereocenters. The van der Waals surface area contributed by atoms with E-state index in [1.807, 2.05) is 0 Å². The van der Waals surface area contributed by atoms with Crippen molar-refractivity contribution in [3.8, 4) is 5.75 Å². The fourth-order valence-corrected chi connectivity index (χ4v) is 1.55. The number of hydrogen-bond acceptors (Lipinski definition) is 6. The van der Waals surface area contributed by atoms with Gasteiger partial charge in [0.2, 0.25) is 0 Å². The SMILES string of the molecule is O=c1cc[13c]2[13cH][13cH][13c](OS(=O)(=O)[O-])[13cH][13c]2o1.[K+]. The third-order valence-corrected chi connectivity index (χ3v) is 2.19. The molecule has 1 aromatic carbocycles. The number of rotatable bonds is 2. The van der Waals surface area contributed by atoms with E-state index >= 15 is 0 Å². The van der Waals surface area contributed by atoms with Gasteiger partial charge < -0.3 is 13.2 Å². The molecule has 0 unspecified atom stereocenters. The molecule has 0 bridgehead atoms. The van der Waals surface area contributed by atoms with Crippen molar-refractivity contribution in [3.05, 3.63) is 40.8 Å². The topological polar surface area (TPSA) is 96.6 Å². The molecule has 8 heteroatoms. The Hall–Kier alpha value is -0.224. The first-order valence-electron chi connectivity index (χ1n) is 4.13. The van der Waals surface area contributed by atoms with Crippen molar-refractivity contribution in [3.63, 3.8) is 0 Å². The summed E-state index contributed by atoms with van der Waals surface area (Å²) in [6, 6.07) is 6.66. The Morgan fingerprint density at radius 3 is 2.47 bits per heavy atom. The molecule has 0 saturated heterocycles. The molecule has 2 aromatic rings. The molecular formula is C9H5KO6S. The number of benzene rings is 1. The zero-order valence-corrected chi connectivity index (χ0v) is 12.7. The Labute approximate surface area is 139 Å². The molecule has 2 rings (SSSR count). The Morgan fingerprint density at radius 2 is 1.82 bits per heavy atom. The van der Waals surface area contributed by atoms with Crippen molar-refractivity contribution in [2.45, 2.75) is 0 Å². The maximum absolute atomic E-state index is 10.9. The van der Waals surface area contributed by atoms with E-state index in [0.29, 0.717) is 5.39 Å². The van der Waals surface area contributed by atoms with E-state index in [-0.39, 0.29) is 62.7 Å². The Balaban J connectivity index is 0.00000144. The second kappa shape index (κ2) is 5.61. The Kier molecular flexibility index (Phi) is 4.90. The molecule has 0 radical (unpaired) electrons. The number of hydrogen-bond donors (Lipinski definition) is 0. The van der Waals surface area contributed by atoms with Crippen LogP contribution in [0, 0.1) is 0 Å². The zero-order valence-electron chi connectivity index (χ0n) is 8.74. The van der Waals surface area contributed by atoms with Gasteiger partial charge >= 0.3 is 57.0 Å². The predicted octanol–water partition coefficient (Wildman–Crippen LogP) is -2.36. The summed E-state index contributed by atoms with van der Waals surface area (Å²) in [7, 11) is -4.83. The third kappa shape index (κ3) is 4.18. The standard InChI is InChI=1S/C9H6O6S.K/c10-9-4-2-6-1-3-7(5-8(6)14-9)15-16(11,12)13;/h1-5H,(H,11,12,13);/q;+1/p-1/i1+1,3+1,5+1,6+1,7+1,8+1;. The van der Waals surface area contributed by atoms with Crippen LogP contribution in [0.4, 0.5) is 0 Å². The van der Waals surface area contributed by atoms with Gasteiger partial charge in [0.25, 0.3) is 10.4 Å². The normalized spacial score (nSPS) is 10.9. The molecule has 0 saturated carbocycles. The monoisotopic (exact) mass is 286 g/mol. The molecular weight excluding hydrogens is 281 g/mol. The first-order valence-corrected chi connectivity index (χ1v) is 5.47. The van der Waals surface area contributed by atoms with E-state index in [1.54, 1.807) is 0 Å². The predicted molar refractivity (Wildman–Crippen MR) is 52.8 cm³/mol. The molecule has 0 aliphatic heterocycles. The minimum absolute atomic E-state index is 0. The molecule has 0 fully saturated rings. The fourth-order valence-electron chi connectivity index (χ4n) is 1.21. The van der Waals surface area contributed by atoms with Gasteiger partial charge in [0.15, 0.2) is 0 Å². The van der Waals surface area contributed by atoms with Crippen molar-refractivity contribution in [2.24, 2.45) is 0 Å². The van der Waals surface area contributed by atoms with E-state index in [2.05, 4.69) is 4.18 Å². The van der Waals surface area contributed by atoms with Crippen LogP contribution in [-0.4, -0.2) is 13.0 Å².